The lowest BCUT2D eigenvalue weighted by Gasteiger charge is -2.11. The van der Waals surface area contributed by atoms with Crippen LogP contribution in [0.4, 0.5) is 0 Å². The number of aryl methyl sites for hydroxylation is 1. The Labute approximate surface area is 102 Å². The molecule has 92 valence electrons. The van der Waals surface area contributed by atoms with E-state index in [-0.39, 0.29) is 0 Å². The normalized spacial score (nSPS) is 23.4. The van der Waals surface area contributed by atoms with Gasteiger partial charge in [-0.05, 0) is 25.3 Å². The maximum absolute atomic E-state index is 4.33. The van der Waals surface area contributed by atoms with E-state index >= 15 is 0 Å². The molecule has 1 aliphatic rings. The van der Waals surface area contributed by atoms with Crippen LogP contribution in [0.15, 0.2) is 17.3 Å². The fourth-order valence-corrected chi connectivity index (χ4v) is 1.67. The van der Waals surface area contributed by atoms with E-state index in [1.807, 2.05) is 13.0 Å². The van der Waals surface area contributed by atoms with Gasteiger partial charge in [0.05, 0.1) is 12.2 Å². The first kappa shape index (κ1) is 11.8. The Morgan fingerprint density at radius 1 is 1.59 bits per heavy atom. The number of aromatic nitrogens is 2. The number of nitrogens with zero attached hydrogens (tertiary/aromatic N) is 3. The van der Waals surface area contributed by atoms with E-state index in [1.54, 1.807) is 13.2 Å². The largest absolute Gasteiger partial charge is 0.353 e. The molecule has 5 nitrogen and oxygen atoms in total. The van der Waals surface area contributed by atoms with Crippen LogP contribution in [0.5, 0.6) is 0 Å². The molecule has 1 aromatic rings. The summed E-state index contributed by atoms with van der Waals surface area (Å²) in [4.78, 5) is 12.6. The van der Waals surface area contributed by atoms with Gasteiger partial charge in [0, 0.05) is 19.3 Å². The van der Waals surface area contributed by atoms with E-state index in [4.69, 9.17) is 0 Å². The molecular weight excluding hydrogens is 214 g/mol. The summed E-state index contributed by atoms with van der Waals surface area (Å²) in [6.45, 7) is 4.80. The Morgan fingerprint density at radius 2 is 2.35 bits per heavy atom. The summed E-state index contributed by atoms with van der Waals surface area (Å²) in [5.41, 5.74) is 0.976. The van der Waals surface area contributed by atoms with Gasteiger partial charge in [-0.15, -0.1) is 0 Å². The van der Waals surface area contributed by atoms with Crippen LogP contribution in [0.2, 0.25) is 0 Å². The lowest BCUT2D eigenvalue weighted by atomic mass is 10.4. The predicted molar refractivity (Wildman–Crippen MR) is 67.7 cm³/mol. The first-order valence-electron chi connectivity index (χ1n) is 5.94. The fourth-order valence-electron chi connectivity index (χ4n) is 1.67. The molecule has 1 aromatic heterocycles. The first-order chi connectivity index (χ1) is 8.19. The third-order valence-electron chi connectivity index (χ3n) is 2.93. The Kier molecular flexibility index (Phi) is 3.56. The second kappa shape index (κ2) is 5.12. The van der Waals surface area contributed by atoms with Crippen molar-refractivity contribution < 1.29 is 0 Å². The van der Waals surface area contributed by atoms with Gasteiger partial charge in [-0.1, -0.05) is 6.92 Å². The number of rotatable bonds is 3. The van der Waals surface area contributed by atoms with Gasteiger partial charge in [-0.2, -0.15) is 0 Å². The molecule has 0 bridgehead atoms. The van der Waals surface area contributed by atoms with Gasteiger partial charge < -0.3 is 10.6 Å². The van der Waals surface area contributed by atoms with Crippen molar-refractivity contribution in [3.8, 4) is 0 Å². The molecule has 0 radical (unpaired) electrons. The minimum absolute atomic E-state index is 0.577. The molecular formula is C12H19N5. The number of hydrogen-bond donors (Lipinski definition) is 2. The Hall–Kier alpha value is -1.65. The maximum Gasteiger partial charge on any atom is 0.191 e. The van der Waals surface area contributed by atoms with Crippen LogP contribution in [0.1, 0.15) is 24.9 Å². The van der Waals surface area contributed by atoms with Crippen LogP contribution in [-0.2, 0) is 6.54 Å². The summed E-state index contributed by atoms with van der Waals surface area (Å²) < 4.78 is 0. The summed E-state index contributed by atoms with van der Waals surface area (Å²) in [5.74, 6) is 2.40. The van der Waals surface area contributed by atoms with Gasteiger partial charge >= 0.3 is 0 Å². The molecule has 0 saturated heterocycles. The maximum atomic E-state index is 4.33. The Morgan fingerprint density at radius 3 is 2.94 bits per heavy atom. The zero-order chi connectivity index (χ0) is 12.3. The van der Waals surface area contributed by atoms with Crippen molar-refractivity contribution in [3.63, 3.8) is 0 Å². The molecule has 0 spiro atoms. The second-order valence-corrected chi connectivity index (χ2v) is 4.48. The van der Waals surface area contributed by atoms with Crippen molar-refractivity contribution in [1.82, 2.24) is 20.6 Å². The number of guanidine groups is 1. The zero-order valence-electron chi connectivity index (χ0n) is 10.6. The number of aliphatic imine (C=N–C) groups is 1. The zero-order valence-corrected chi connectivity index (χ0v) is 10.6. The van der Waals surface area contributed by atoms with Crippen LogP contribution in [0.3, 0.4) is 0 Å². The van der Waals surface area contributed by atoms with Crippen molar-refractivity contribution >= 4 is 5.96 Å². The quantitative estimate of drug-likeness (QED) is 0.600. The van der Waals surface area contributed by atoms with Gasteiger partial charge in [0.2, 0.25) is 0 Å². The van der Waals surface area contributed by atoms with Crippen LogP contribution in [0, 0.1) is 12.8 Å². The highest BCUT2D eigenvalue weighted by Crippen LogP contribution is 2.28. The summed E-state index contributed by atoms with van der Waals surface area (Å²) in [6, 6.07) is 2.49. The molecule has 1 fully saturated rings. The van der Waals surface area contributed by atoms with Gasteiger partial charge in [0.1, 0.15) is 5.82 Å². The van der Waals surface area contributed by atoms with Crippen molar-refractivity contribution in [2.24, 2.45) is 10.9 Å². The molecule has 1 aliphatic carbocycles. The van der Waals surface area contributed by atoms with Crippen molar-refractivity contribution in [3.05, 3.63) is 23.8 Å². The molecule has 2 unspecified atom stereocenters. The van der Waals surface area contributed by atoms with Gasteiger partial charge in [0.15, 0.2) is 5.96 Å². The summed E-state index contributed by atoms with van der Waals surface area (Å²) in [5, 5.41) is 6.62. The number of nitrogens with one attached hydrogen (secondary N) is 2. The molecule has 0 aliphatic heterocycles. The Balaban J connectivity index is 1.83. The monoisotopic (exact) mass is 233 g/mol. The first-order valence-corrected chi connectivity index (χ1v) is 5.94. The van der Waals surface area contributed by atoms with Crippen LogP contribution >= 0.6 is 0 Å². The summed E-state index contributed by atoms with van der Waals surface area (Å²) in [7, 11) is 1.79. The average molecular weight is 233 g/mol. The van der Waals surface area contributed by atoms with Gasteiger partial charge in [0.25, 0.3) is 0 Å². The molecule has 0 amide bonds. The van der Waals surface area contributed by atoms with Crippen LogP contribution in [0.25, 0.3) is 0 Å². The lowest BCUT2D eigenvalue weighted by molar-refractivity contribution is 0.753. The SMILES string of the molecule is CN=C(NCc1ccnc(C)n1)NC1CC1C. The minimum atomic E-state index is 0.577. The lowest BCUT2D eigenvalue weighted by Crippen LogP contribution is -2.38. The molecule has 1 saturated carbocycles. The molecule has 1 heterocycles. The van der Waals surface area contributed by atoms with E-state index in [0.29, 0.717) is 12.6 Å². The van der Waals surface area contributed by atoms with Crippen LogP contribution in [-0.4, -0.2) is 29.0 Å². The van der Waals surface area contributed by atoms with Crippen molar-refractivity contribution in [2.75, 3.05) is 7.05 Å². The third kappa shape index (κ3) is 3.41. The highest BCUT2D eigenvalue weighted by atomic mass is 15.2. The van der Waals surface area contributed by atoms with E-state index in [2.05, 4.69) is 32.5 Å². The highest BCUT2D eigenvalue weighted by Gasteiger charge is 2.33. The molecule has 0 aromatic carbocycles. The molecule has 2 N–H and O–H groups in total. The average Bonchev–Trinajstić information content (AvgIpc) is 3.00. The van der Waals surface area contributed by atoms with Crippen molar-refractivity contribution in [1.29, 1.82) is 0 Å². The minimum Gasteiger partial charge on any atom is -0.353 e. The standard InChI is InChI=1S/C12H19N5/c1-8-6-11(8)17-12(13-3)15-7-10-4-5-14-9(2)16-10/h4-5,8,11H,6-7H2,1-3H3,(H2,13,15,17). The molecule has 5 heteroatoms. The van der Waals surface area contributed by atoms with Gasteiger partial charge in [-0.3, -0.25) is 4.99 Å². The smallest absolute Gasteiger partial charge is 0.191 e. The van der Waals surface area contributed by atoms with E-state index in [1.165, 1.54) is 6.42 Å². The van der Waals surface area contributed by atoms with Crippen LogP contribution < -0.4 is 10.6 Å². The summed E-state index contributed by atoms with van der Waals surface area (Å²) >= 11 is 0. The summed E-state index contributed by atoms with van der Waals surface area (Å²) in [6.07, 6.45) is 3.01. The molecule has 2 atom stereocenters. The van der Waals surface area contributed by atoms with Gasteiger partial charge in [-0.25, -0.2) is 9.97 Å². The highest BCUT2D eigenvalue weighted by molar-refractivity contribution is 5.80. The second-order valence-electron chi connectivity index (χ2n) is 4.48. The van der Waals surface area contributed by atoms with E-state index in [0.717, 1.165) is 23.4 Å². The fraction of sp³-hybridized carbons (Fsp3) is 0.583. The molecule has 2 rings (SSSR count). The topological polar surface area (TPSA) is 62.2 Å². The third-order valence-corrected chi connectivity index (χ3v) is 2.93. The van der Waals surface area contributed by atoms with E-state index in [9.17, 15) is 0 Å². The van der Waals surface area contributed by atoms with Crippen molar-refractivity contribution in [2.45, 2.75) is 32.9 Å². The number of hydrogen-bond acceptors (Lipinski definition) is 3. The Bertz CT molecular complexity index is 415. The predicted octanol–water partition coefficient (Wildman–Crippen LogP) is 0.858. The molecule has 17 heavy (non-hydrogen) atoms. The van der Waals surface area contributed by atoms with E-state index < -0.39 is 0 Å².